The zero-order chi connectivity index (χ0) is 11.8. The van der Waals surface area contributed by atoms with Crippen molar-refractivity contribution in [3.05, 3.63) is 24.3 Å². The maximum atomic E-state index is 5.62. The van der Waals surface area contributed by atoms with E-state index < -0.39 is 0 Å². The highest BCUT2D eigenvalue weighted by atomic mass is 32.2. The molecule has 0 fully saturated rings. The lowest BCUT2D eigenvalue weighted by atomic mass is 10.3. The largest absolute Gasteiger partial charge is 0.497 e. The van der Waals surface area contributed by atoms with Crippen molar-refractivity contribution in [2.75, 3.05) is 19.5 Å². The van der Waals surface area contributed by atoms with Crippen LogP contribution in [-0.4, -0.2) is 24.7 Å². The molecule has 1 aromatic carbocycles. The number of rotatable bonds is 7. The molecule has 0 aliphatic heterocycles. The van der Waals surface area contributed by atoms with Crippen molar-refractivity contribution >= 4 is 11.8 Å². The smallest absolute Gasteiger partial charge is 0.119 e. The molecule has 0 spiro atoms. The van der Waals surface area contributed by atoms with Crippen LogP contribution in [0.15, 0.2) is 24.3 Å². The maximum Gasteiger partial charge on any atom is 0.119 e. The minimum Gasteiger partial charge on any atom is -0.497 e. The monoisotopic (exact) mass is 240 g/mol. The second kappa shape index (κ2) is 7.44. The molecule has 1 atom stereocenters. The second-order valence-corrected chi connectivity index (χ2v) is 5.16. The van der Waals surface area contributed by atoms with Crippen molar-refractivity contribution < 1.29 is 9.47 Å². The summed E-state index contributed by atoms with van der Waals surface area (Å²) >= 11 is 1.95. The normalized spacial score (nSPS) is 12.2. The topological polar surface area (TPSA) is 18.5 Å². The molecule has 2 nitrogen and oxygen atoms in total. The van der Waals surface area contributed by atoms with Crippen molar-refractivity contribution in [1.82, 2.24) is 0 Å². The predicted molar refractivity (Wildman–Crippen MR) is 70.7 cm³/mol. The fraction of sp³-hybridized carbons (Fsp3) is 0.538. The van der Waals surface area contributed by atoms with Crippen LogP contribution < -0.4 is 9.47 Å². The molecule has 0 aliphatic rings. The van der Waals surface area contributed by atoms with E-state index in [1.54, 1.807) is 7.11 Å². The van der Waals surface area contributed by atoms with Gasteiger partial charge in [0, 0.05) is 11.0 Å². The fourth-order valence-electron chi connectivity index (χ4n) is 1.20. The Morgan fingerprint density at radius 3 is 2.38 bits per heavy atom. The lowest BCUT2D eigenvalue weighted by molar-refractivity contribution is 0.342. The Hall–Kier alpha value is -0.830. The Balaban J connectivity index is 2.21. The lowest BCUT2D eigenvalue weighted by Crippen LogP contribution is -2.03. The third-order valence-electron chi connectivity index (χ3n) is 2.39. The summed E-state index contributed by atoms with van der Waals surface area (Å²) in [5.74, 6) is 2.81. The van der Waals surface area contributed by atoms with E-state index in [4.69, 9.17) is 9.47 Å². The summed E-state index contributed by atoms with van der Waals surface area (Å²) in [6, 6.07) is 7.70. The summed E-state index contributed by atoms with van der Waals surface area (Å²) in [4.78, 5) is 0. The number of methoxy groups -OCH3 is 1. The molecule has 1 aromatic rings. The molecule has 0 aliphatic carbocycles. The third kappa shape index (κ3) is 4.79. The zero-order valence-corrected chi connectivity index (χ0v) is 11.0. The molecule has 1 unspecified atom stereocenters. The summed E-state index contributed by atoms with van der Waals surface area (Å²) in [6.07, 6.45) is 1.22. The van der Waals surface area contributed by atoms with E-state index in [0.29, 0.717) is 0 Å². The third-order valence-corrected chi connectivity index (χ3v) is 3.69. The van der Waals surface area contributed by atoms with Gasteiger partial charge in [-0.25, -0.2) is 0 Å². The van der Waals surface area contributed by atoms with Crippen LogP contribution in [0, 0.1) is 0 Å². The van der Waals surface area contributed by atoms with Gasteiger partial charge in [0.2, 0.25) is 0 Å². The Labute approximate surface area is 102 Å². The molecular formula is C13H20O2S. The number of thioether (sulfide) groups is 1. The molecule has 0 amide bonds. The first-order valence-electron chi connectivity index (χ1n) is 5.64. The van der Waals surface area contributed by atoms with E-state index in [-0.39, 0.29) is 0 Å². The molecule has 0 radical (unpaired) electrons. The first-order chi connectivity index (χ1) is 7.76. The quantitative estimate of drug-likeness (QED) is 0.678. The molecule has 0 aromatic heterocycles. The van der Waals surface area contributed by atoms with Gasteiger partial charge in [0.15, 0.2) is 0 Å². The van der Waals surface area contributed by atoms with Crippen LogP contribution in [0.4, 0.5) is 0 Å². The molecule has 1 rings (SSSR count). The Kier molecular flexibility index (Phi) is 6.16. The van der Waals surface area contributed by atoms with E-state index in [1.807, 2.05) is 36.0 Å². The average molecular weight is 240 g/mol. The zero-order valence-electron chi connectivity index (χ0n) is 10.2. The van der Waals surface area contributed by atoms with Crippen LogP contribution in [0.2, 0.25) is 0 Å². The minimum atomic E-state index is 0.722. The van der Waals surface area contributed by atoms with Crippen LogP contribution in [0.5, 0.6) is 11.5 Å². The van der Waals surface area contributed by atoms with Gasteiger partial charge in [-0.3, -0.25) is 0 Å². The lowest BCUT2D eigenvalue weighted by Gasteiger charge is -2.09. The van der Waals surface area contributed by atoms with Gasteiger partial charge >= 0.3 is 0 Å². The average Bonchev–Trinajstić information content (AvgIpc) is 2.35. The molecule has 0 heterocycles. The molecular weight excluding hydrogens is 220 g/mol. The first-order valence-corrected chi connectivity index (χ1v) is 6.69. The summed E-state index contributed by atoms with van der Waals surface area (Å²) in [6.45, 7) is 5.22. The van der Waals surface area contributed by atoms with Gasteiger partial charge in [-0.05, 0) is 30.7 Å². The highest BCUT2D eigenvalue weighted by Crippen LogP contribution is 2.18. The van der Waals surface area contributed by atoms with Crippen LogP contribution in [0.1, 0.15) is 20.3 Å². The first kappa shape index (κ1) is 13.2. The van der Waals surface area contributed by atoms with Crippen molar-refractivity contribution in [3.8, 4) is 11.5 Å². The van der Waals surface area contributed by atoms with Crippen molar-refractivity contribution in [3.63, 3.8) is 0 Å². The summed E-state index contributed by atoms with van der Waals surface area (Å²) in [7, 11) is 1.67. The predicted octanol–water partition coefficient (Wildman–Crippen LogP) is 3.61. The van der Waals surface area contributed by atoms with E-state index in [0.717, 1.165) is 29.1 Å². The Morgan fingerprint density at radius 2 is 1.81 bits per heavy atom. The van der Waals surface area contributed by atoms with E-state index in [9.17, 15) is 0 Å². The summed E-state index contributed by atoms with van der Waals surface area (Å²) in [5, 5.41) is 0.722. The molecule has 0 saturated heterocycles. The van der Waals surface area contributed by atoms with Crippen LogP contribution >= 0.6 is 11.8 Å². The van der Waals surface area contributed by atoms with E-state index in [2.05, 4.69) is 13.8 Å². The highest BCUT2D eigenvalue weighted by molar-refractivity contribution is 7.99. The standard InChI is InChI=1S/C13H20O2S/c1-4-11(2)16-10-9-15-13-7-5-12(14-3)6-8-13/h5-8,11H,4,9-10H2,1-3H3. The van der Waals surface area contributed by atoms with Crippen LogP contribution in [-0.2, 0) is 0 Å². The molecule has 90 valence electrons. The number of hydrogen-bond donors (Lipinski definition) is 0. The van der Waals surface area contributed by atoms with Gasteiger partial charge in [-0.15, -0.1) is 0 Å². The van der Waals surface area contributed by atoms with Gasteiger partial charge < -0.3 is 9.47 Å². The van der Waals surface area contributed by atoms with Crippen molar-refractivity contribution in [2.45, 2.75) is 25.5 Å². The second-order valence-electron chi connectivity index (χ2n) is 3.61. The Morgan fingerprint density at radius 1 is 1.19 bits per heavy atom. The van der Waals surface area contributed by atoms with Crippen molar-refractivity contribution in [2.24, 2.45) is 0 Å². The van der Waals surface area contributed by atoms with E-state index >= 15 is 0 Å². The maximum absolute atomic E-state index is 5.62. The summed E-state index contributed by atoms with van der Waals surface area (Å²) < 4.78 is 10.7. The highest BCUT2D eigenvalue weighted by Gasteiger charge is 1.99. The molecule has 3 heteroatoms. The fourth-order valence-corrected chi connectivity index (χ4v) is 2.02. The van der Waals surface area contributed by atoms with Crippen molar-refractivity contribution in [1.29, 1.82) is 0 Å². The number of benzene rings is 1. The van der Waals surface area contributed by atoms with Crippen LogP contribution in [0.25, 0.3) is 0 Å². The van der Waals surface area contributed by atoms with Gasteiger partial charge in [-0.2, -0.15) is 11.8 Å². The van der Waals surface area contributed by atoms with Crippen LogP contribution in [0.3, 0.4) is 0 Å². The molecule has 0 N–H and O–H groups in total. The molecule has 0 bridgehead atoms. The minimum absolute atomic E-state index is 0.722. The van der Waals surface area contributed by atoms with Gasteiger partial charge in [0.05, 0.1) is 13.7 Å². The van der Waals surface area contributed by atoms with Gasteiger partial charge in [-0.1, -0.05) is 13.8 Å². The number of hydrogen-bond acceptors (Lipinski definition) is 3. The SMILES string of the molecule is CCC(C)SCCOc1ccc(OC)cc1. The molecule has 16 heavy (non-hydrogen) atoms. The van der Waals surface area contributed by atoms with Gasteiger partial charge in [0.25, 0.3) is 0 Å². The van der Waals surface area contributed by atoms with Gasteiger partial charge in [0.1, 0.15) is 11.5 Å². The molecule has 0 saturated carbocycles. The number of ether oxygens (including phenoxy) is 2. The Bertz CT molecular complexity index is 284. The van der Waals surface area contributed by atoms with E-state index in [1.165, 1.54) is 6.42 Å². The summed E-state index contributed by atoms with van der Waals surface area (Å²) in [5.41, 5.74) is 0.